The Morgan fingerprint density at radius 1 is 1.23 bits per heavy atom. The Morgan fingerprint density at radius 2 is 1.92 bits per heavy atom. The van der Waals surface area contributed by atoms with Crippen molar-refractivity contribution in [2.24, 2.45) is 7.05 Å². The van der Waals surface area contributed by atoms with Crippen LogP contribution in [-0.2, 0) is 11.8 Å². The highest BCUT2D eigenvalue weighted by Crippen LogP contribution is 2.13. The van der Waals surface area contributed by atoms with Crippen molar-refractivity contribution in [1.29, 1.82) is 0 Å². The first-order valence-corrected chi connectivity index (χ1v) is 9.17. The highest BCUT2D eigenvalue weighted by molar-refractivity contribution is 7.80. The second-order valence-electron chi connectivity index (χ2n) is 6.27. The molecule has 0 radical (unpaired) electrons. The maximum Gasteiger partial charge on any atom is 0.295 e. The molecule has 0 saturated carbocycles. The number of rotatable bonds is 5. The number of hydrogen-bond donors (Lipinski definition) is 2. The minimum Gasteiger partial charge on any atom is -0.379 e. The SMILES string of the molecule is Cc1c(NC(=S)NCCN2CCOCC2)c(=O)n(-c2ccccc2)n1C. The monoisotopic (exact) mass is 375 g/mol. The average molecular weight is 375 g/mol. The van der Waals surface area contributed by atoms with E-state index in [-0.39, 0.29) is 5.56 Å². The van der Waals surface area contributed by atoms with E-state index in [1.807, 2.05) is 49.0 Å². The van der Waals surface area contributed by atoms with E-state index in [1.54, 1.807) is 4.68 Å². The molecule has 0 amide bonds. The Morgan fingerprint density at radius 3 is 2.62 bits per heavy atom. The summed E-state index contributed by atoms with van der Waals surface area (Å²) in [4.78, 5) is 15.2. The lowest BCUT2D eigenvalue weighted by atomic mass is 10.3. The lowest BCUT2D eigenvalue weighted by molar-refractivity contribution is 0.0389. The topological polar surface area (TPSA) is 63.5 Å². The molecular formula is C18H25N5O2S. The lowest BCUT2D eigenvalue weighted by Crippen LogP contribution is -2.42. The molecule has 1 aliphatic heterocycles. The van der Waals surface area contributed by atoms with E-state index < -0.39 is 0 Å². The van der Waals surface area contributed by atoms with Crippen molar-refractivity contribution in [2.45, 2.75) is 6.92 Å². The van der Waals surface area contributed by atoms with E-state index in [0.29, 0.717) is 10.8 Å². The van der Waals surface area contributed by atoms with Gasteiger partial charge in [0.25, 0.3) is 5.56 Å². The normalized spacial score (nSPS) is 15.0. The number of hydrogen-bond acceptors (Lipinski definition) is 4. The van der Waals surface area contributed by atoms with Gasteiger partial charge in [-0.25, -0.2) is 4.68 Å². The highest BCUT2D eigenvalue weighted by Gasteiger charge is 2.17. The predicted molar refractivity (Wildman–Crippen MR) is 107 cm³/mol. The number of nitrogens with one attached hydrogen (secondary N) is 2. The Labute approximate surface area is 158 Å². The van der Waals surface area contributed by atoms with E-state index in [9.17, 15) is 4.79 Å². The Hall–Kier alpha value is -2.16. The summed E-state index contributed by atoms with van der Waals surface area (Å²) < 4.78 is 8.81. The van der Waals surface area contributed by atoms with Crippen LogP contribution in [0.15, 0.2) is 35.1 Å². The quantitative estimate of drug-likeness (QED) is 0.764. The van der Waals surface area contributed by atoms with Crippen molar-refractivity contribution in [2.75, 3.05) is 44.7 Å². The number of thiocarbonyl (C=S) groups is 1. The van der Waals surface area contributed by atoms with Crippen LogP contribution in [0.5, 0.6) is 0 Å². The number of aromatic nitrogens is 2. The van der Waals surface area contributed by atoms with Gasteiger partial charge in [-0.2, -0.15) is 0 Å². The van der Waals surface area contributed by atoms with E-state index in [1.165, 1.54) is 0 Å². The molecule has 1 saturated heterocycles. The van der Waals surface area contributed by atoms with Crippen molar-refractivity contribution in [3.63, 3.8) is 0 Å². The minimum atomic E-state index is -0.117. The Kier molecular flexibility index (Phi) is 6.08. The van der Waals surface area contributed by atoms with Crippen LogP contribution in [0.1, 0.15) is 5.69 Å². The van der Waals surface area contributed by atoms with Crippen LogP contribution in [-0.4, -0.2) is 58.8 Å². The van der Waals surface area contributed by atoms with Crippen LogP contribution in [0.25, 0.3) is 5.69 Å². The van der Waals surface area contributed by atoms with Crippen LogP contribution in [0, 0.1) is 6.92 Å². The molecule has 1 aromatic heterocycles. The summed E-state index contributed by atoms with van der Waals surface area (Å²) in [5.74, 6) is 0. The largest absolute Gasteiger partial charge is 0.379 e. The zero-order valence-electron chi connectivity index (χ0n) is 15.2. The summed E-state index contributed by atoms with van der Waals surface area (Å²) in [7, 11) is 1.86. The molecule has 2 aromatic rings. The van der Waals surface area contributed by atoms with Gasteiger partial charge in [-0.05, 0) is 31.3 Å². The molecule has 140 valence electrons. The fraction of sp³-hybridized carbons (Fsp3) is 0.444. The number of nitrogens with zero attached hydrogens (tertiary/aromatic N) is 3. The van der Waals surface area contributed by atoms with Crippen LogP contribution in [0.4, 0.5) is 5.69 Å². The van der Waals surface area contributed by atoms with Gasteiger partial charge < -0.3 is 15.4 Å². The fourth-order valence-corrected chi connectivity index (χ4v) is 3.23. The molecule has 3 rings (SSSR count). The predicted octanol–water partition coefficient (Wildman–Crippen LogP) is 1.10. The first-order chi connectivity index (χ1) is 12.6. The average Bonchev–Trinajstić information content (AvgIpc) is 2.87. The third-order valence-electron chi connectivity index (χ3n) is 4.61. The van der Waals surface area contributed by atoms with Gasteiger partial charge in [-0.3, -0.25) is 14.4 Å². The molecule has 1 aliphatic rings. The molecule has 0 spiro atoms. The van der Waals surface area contributed by atoms with Crippen molar-refractivity contribution in [1.82, 2.24) is 19.6 Å². The number of para-hydroxylation sites is 1. The molecule has 8 heteroatoms. The molecule has 2 heterocycles. The Balaban J connectivity index is 1.64. The van der Waals surface area contributed by atoms with Gasteiger partial charge in [0.2, 0.25) is 0 Å². The summed E-state index contributed by atoms with van der Waals surface area (Å²) in [5.41, 5.74) is 2.03. The van der Waals surface area contributed by atoms with Gasteiger partial charge in [0.05, 0.1) is 24.6 Å². The second-order valence-corrected chi connectivity index (χ2v) is 6.68. The third-order valence-corrected chi connectivity index (χ3v) is 4.86. The third kappa shape index (κ3) is 4.14. The Bertz CT molecular complexity index is 809. The van der Waals surface area contributed by atoms with Crippen molar-refractivity contribution < 1.29 is 4.74 Å². The van der Waals surface area contributed by atoms with Crippen LogP contribution >= 0.6 is 12.2 Å². The molecular weight excluding hydrogens is 350 g/mol. The van der Waals surface area contributed by atoms with Crippen molar-refractivity contribution in [3.05, 3.63) is 46.4 Å². The van der Waals surface area contributed by atoms with Crippen molar-refractivity contribution >= 4 is 23.0 Å². The summed E-state index contributed by atoms with van der Waals surface area (Å²) in [6.07, 6.45) is 0. The van der Waals surface area contributed by atoms with Gasteiger partial charge >= 0.3 is 0 Å². The maximum absolute atomic E-state index is 12.8. The molecule has 1 fully saturated rings. The maximum atomic E-state index is 12.8. The van der Waals surface area contributed by atoms with Crippen LogP contribution in [0.3, 0.4) is 0 Å². The molecule has 0 bridgehead atoms. The van der Waals surface area contributed by atoms with Crippen molar-refractivity contribution in [3.8, 4) is 5.69 Å². The summed E-state index contributed by atoms with van der Waals surface area (Å²) in [6, 6.07) is 9.56. The van der Waals surface area contributed by atoms with E-state index in [0.717, 1.165) is 50.8 Å². The second kappa shape index (κ2) is 8.48. The first-order valence-electron chi connectivity index (χ1n) is 8.77. The molecule has 1 aromatic carbocycles. The van der Waals surface area contributed by atoms with Gasteiger partial charge in [0.1, 0.15) is 5.69 Å². The molecule has 7 nitrogen and oxygen atoms in total. The zero-order chi connectivity index (χ0) is 18.5. The summed E-state index contributed by atoms with van der Waals surface area (Å²) in [6.45, 7) is 6.98. The minimum absolute atomic E-state index is 0.117. The van der Waals surface area contributed by atoms with E-state index in [4.69, 9.17) is 17.0 Å². The van der Waals surface area contributed by atoms with Gasteiger partial charge in [-0.15, -0.1) is 0 Å². The standard InChI is InChI=1S/C18H25N5O2S/c1-14-16(17(24)23(21(14)2)15-6-4-3-5-7-15)20-18(26)19-8-9-22-10-12-25-13-11-22/h3-7H,8-13H2,1-2H3,(H2,19,20,26). The van der Waals surface area contributed by atoms with E-state index >= 15 is 0 Å². The highest BCUT2D eigenvalue weighted by atomic mass is 32.1. The number of ether oxygens (including phenoxy) is 1. The van der Waals surface area contributed by atoms with E-state index in [2.05, 4.69) is 15.5 Å². The van der Waals surface area contributed by atoms with Gasteiger partial charge in [0.15, 0.2) is 5.11 Å². The van der Waals surface area contributed by atoms with Gasteiger partial charge in [0, 0.05) is 33.2 Å². The zero-order valence-corrected chi connectivity index (χ0v) is 16.0. The summed E-state index contributed by atoms with van der Waals surface area (Å²) in [5, 5.41) is 6.71. The molecule has 0 unspecified atom stereocenters. The number of morpholine rings is 1. The molecule has 0 aliphatic carbocycles. The number of anilines is 1. The van der Waals surface area contributed by atoms with Crippen LogP contribution in [0.2, 0.25) is 0 Å². The molecule has 2 N–H and O–H groups in total. The van der Waals surface area contributed by atoms with Gasteiger partial charge in [-0.1, -0.05) is 18.2 Å². The summed E-state index contributed by atoms with van der Waals surface area (Å²) >= 11 is 5.37. The lowest BCUT2D eigenvalue weighted by Gasteiger charge is -2.26. The first kappa shape index (κ1) is 18.6. The number of benzene rings is 1. The van der Waals surface area contributed by atoms with Crippen LogP contribution < -0.4 is 16.2 Å². The fourth-order valence-electron chi connectivity index (χ4n) is 3.02. The molecule has 26 heavy (non-hydrogen) atoms. The molecule has 0 atom stereocenters. The smallest absolute Gasteiger partial charge is 0.295 e.